The number of amides is 2. The van der Waals surface area contributed by atoms with E-state index >= 15 is 0 Å². The molecule has 0 radical (unpaired) electrons. The quantitative estimate of drug-likeness (QED) is 0.361. The molecule has 2 aromatic heterocycles. The Labute approximate surface area is 244 Å². The van der Waals surface area contributed by atoms with E-state index in [2.05, 4.69) is 40.1 Å². The van der Waals surface area contributed by atoms with Crippen LogP contribution in [0, 0.1) is 5.92 Å². The topological polar surface area (TPSA) is 96.9 Å². The molecule has 2 aromatic carbocycles. The van der Waals surface area contributed by atoms with Gasteiger partial charge in [-0.1, -0.05) is 25.1 Å². The van der Waals surface area contributed by atoms with Crippen molar-refractivity contribution in [1.29, 1.82) is 0 Å². The number of likely N-dealkylation sites (N-methyl/N-ethyl adjacent to an activating group) is 1. The van der Waals surface area contributed by atoms with Crippen LogP contribution in [0.25, 0.3) is 10.2 Å². The van der Waals surface area contributed by atoms with Crippen molar-refractivity contribution < 1.29 is 19.1 Å². The van der Waals surface area contributed by atoms with E-state index in [0.29, 0.717) is 41.7 Å². The van der Waals surface area contributed by atoms with E-state index in [-0.39, 0.29) is 29.9 Å². The van der Waals surface area contributed by atoms with E-state index in [1.165, 1.54) is 11.3 Å². The third-order valence-corrected chi connectivity index (χ3v) is 8.47. The summed E-state index contributed by atoms with van der Waals surface area (Å²) in [6.07, 6.45) is 3.50. The van der Waals surface area contributed by atoms with Crippen molar-refractivity contribution >= 4 is 39.1 Å². The van der Waals surface area contributed by atoms with E-state index in [9.17, 15) is 9.59 Å². The SMILES string of the molecule is CO[C@@H]1CN(C)C(=O)c2ccc(NC(=O)c3nc4ccccc4s3)cc2OC[C@@H](C)N(Cc2cccnc2)C[C@H]1C. The Bertz CT molecular complexity index is 1480. The zero-order chi connectivity index (χ0) is 28.9. The van der Waals surface area contributed by atoms with Gasteiger partial charge in [0.1, 0.15) is 12.4 Å². The molecule has 1 aliphatic rings. The Morgan fingerprint density at radius 1 is 1.15 bits per heavy atom. The zero-order valence-corrected chi connectivity index (χ0v) is 24.6. The van der Waals surface area contributed by atoms with Crippen molar-refractivity contribution in [2.75, 3.05) is 39.2 Å². The molecular formula is C31H35N5O4S. The van der Waals surface area contributed by atoms with E-state index in [1.54, 1.807) is 43.5 Å². The molecule has 0 spiro atoms. The van der Waals surface area contributed by atoms with Crippen LogP contribution in [-0.2, 0) is 11.3 Å². The fourth-order valence-electron chi connectivity index (χ4n) is 5.03. The number of hydrogen-bond acceptors (Lipinski definition) is 8. The Hall–Kier alpha value is -3.86. The fourth-order valence-corrected chi connectivity index (χ4v) is 5.89. The molecule has 0 fully saturated rings. The smallest absolute Gasteiger partial charge is 0.284 e. The Morgan fingerprint density at radius 2 is 1.98 bits per heavy atom. The summed E-state index contributed by atoms with van der Waals surface area (Å²) in [5, 5.41) is 3.29. The lowest BCUT2D eigenvalue weighted by Crippen LogP contribution is -2.46. The number of aromatic nitrogens is 2. The average Bonchev–Trinajstić information content (AvgIpc) is 3.43. The summed E-state index contributed by atoms with van der Waals surface area (Å²) in [6.45, 7) is 6.51. The molecule has 3 heterocycles. The lowest BCUT2D eigenvalue weighted by molar-refractivity contribution is 0.00920. The van der Waals surface area contributed by atoms with Crippen molar-refractivity contribution in [3.8, 4) is 5.75 Å². The van der Waals surface area contributed by atoms with Gasteiger partial charge in [0.2, 0.25) is 0 Å². The highest BCUT2D eigenvalue weighted by Crippen LogP contribution is 2.28. The number of thiazole rings is 1. The number of para-hydroxylation sites is 1. The van der Waals surface area contributed by atoms with Gasteiger partial charge in [0.15, 0.2) is 5.01 Å². The molecule has 1 N–H and O–H groups in total. The number of benzene rings is 2. The number of nitrogens with zero attached hydrogens (tertiary/aromatic N) is 4. The molecule has 3 atom stereocenters. The summed E-state index contributed by atoms with van der Waals surface area (Å²) in [4.78, 5) is 39.3. The van der Waals surface area contributed by atoms with Crippen LogP contribution >= 0.6 is 11.3 Å². The van der Waals surface area contributed by atoms with Crippen molar-refractivity contribution in [2.24, 2.45) is 5.92 Å². The van der Waals surface area contributed by atoms with Crippen LogP contribution in [0.2, 0.25) is 0 Å². The first-order chi connectivity index (χ1) is 19.8. The normalized spacial score (nSPS) is 20.5. The fraction of sp³-hybridized carbons (Fsp3) is 0.355. The number of rotatable bonds is 5. The second-order valence-electron chi connectivity index (χ2n) is 10.5. The number of carbonyl (C=O) groups is 2. The molecule has 0 saturated carbocycles. The molecule has 214 valence electrons. The molecule has 5 rings (SSSR count). The molecule has 41 heavy (non-hydrogen) atoms. The lowest BCUT2D eigenvalue weighted by Gasteiger charge is -2.36. The Kier molecular flexibility index (Phi) is 8.92. The number of fused-ring (bicyclic) bond motifs is 2. The highest BCUT2D eigenvalue weighted by atomic mass is 32.1. The van der Waals surface area contributed by atoms with E-state index < -0.39 is 0 Å². The van der Waals surface area contributed by atoms with Gasteiger partial charge in [-0.3, -0.25) is 19.5 Å². The third kappa shape index (κ3) is 6.73. The maximum atomic E-state index is 13.5. The van der Waals surface area contributed by atoms with Crippen LogP contribution in [0.15, 0.2) is 67.0 Å². The molecule has 0 saturated heterocycles. The van der Waals surface area contributed by atoms with Crippen molar-refractivity contribution in [1.82, 2.24) is 19.8 Å². The standard InChI is InChI=1S/C31H35N5O4S/c1-20-16-36(17-22-8-7-13-32-15-22)21(2)19-40-26-14-23(11-12-24(26)31(38)35(3)18-27(20)39-4)33-29(37)30-34-25-9-5-6-10-28(25)41-30/h5-15,20-21,27H,16-19H2,1-4H3,(H,33,37)/t20-,21-,27-/m1/s1. The average molecular weight is 574 g/mol. The van der Waals surface area contributed by atoms with Gasteiger partial charge in [0.25, 0.3) is 11.8 Å². The first kappa shape index (κ1) is 28.7. The summed E-state index contributed by atoms with van der Waals surface area (Å²) in [6, 6.07) is 16.8. The number of methoxy groups -OCH3 is 1. The maximum absolute atomic E-state index is 13.5. The van der Waals surface area contributed by atoms with Gasteiger partial charge in [-0.25, -0.2) is 4.98 Å². The van der Waals surface area contributed by atoms with Crippen molar-refractivity contribution in [2.45, 2.75) is 32.5 Å². The van der Waals surface area contributed by atoms with Gasteiger partial charge in [0.05, 0.1) is 21.9 Å². The second kappa shape index (κ2) is 12.8. The maximum Gasteiger partial charge on any atom is 0.284 e. The predicted molar refractivity (Wildman–Crippen MR) is 161 cm³/mol. The van der Waals surface area contributed by atoms with Gasteiger partial charge < -0.3 is 19.7 Å². The van der Waals surface area contributed by atoms with Crippen LogP contribution in [0.4, 0.5) is 5.69 Å². The largest absolute Gasteiger partial charge is 0.491 e. The molecular weight excluding hydrogens is 538 g/mol. The van der Waals surface area contributed by atoms with Crippen LogP contribution in [0.1, 0.15) is 39.6 Å². The molecule has 10 heteroatoms. The molecule has 4 aromatic rings. The van der Waals surface area contributed by atoms with Crippen molar-refractivity contribution in [3.05, 3.63) is 83.1 Å². The number of nitrogens with one attached hydrogen (secondary N) is 1. The molecule has 0 unspecified atom stereocenters. The molecule has 9 nitrogen and oxygen atoms in total. The van der Waals surface area contributed by atoms with Gasteiger partial charge in [-0.05, 0) is 48.7 Å². The summed E-state index contributed by atoms with van der Waals surface area (Å²) >= 11 is 1.34. The minimum atomic E-state index is -0.310. The highest BCUT2D eigenvalue weighted by Gasteiger charge is 2.28. The van der Waals surface area contributed by atoms with Gasteiger partial charge in [0, 0.05) is 64.0 Å². The van der Waals surface area contributed by atoms with E-state index in [4.69, 9.17) is 9.47 Å². The second-order valence-corrected chi connectivity index (χ2v) is 11.6. The van der Waals surface area contributed by atoms with Gasteiger partial charge >= 0.3 is 0 Å². The summed E-state index contributed by atoms with van der Waals surface area (Å²) in [5.41, 5.74) is 2.85. The minimum absolute atomic E-state index is 0.0243. The van der Waals surface area contributed by atoms with Gasteiger partial charge in [-0.15, -0.1) is 11.3 Å². The monoisotopic (exact) mass is 573 g/mol. The molecule has 2 amide bonds. The summed E-state index contributed by atoms with van der Waals surface area (Å²) in [5.74, 6) is 0.0995. The number of carbonyl (C=O) groups excluding carboxylic acids is 2. The summed E-state index contributed by atoms with van der Waals surface area (Å²) in [7, 11) is 3.47. The van der Waals surface area contributed by atoms with Crippen LogP contribution < -0.4 is 10.1 Å². The molecule has 0 bridgehead atoms. The number of anilines is 1. The lowest BCUT2D eigenvalue weighted by atomic mass is 10.0. The minimum Gasteiger partial charge on any atom is -0.491 e. The van der Waals surface area contributed by atoms with Crippen LogP contribution in [0.5, 0.6) is 5.75 Å². The zero-order valence-electron chi connectivity index (χ0n) is 23.7. The Morgan fingerprint density at radius 3 is 2.73 bits per heavy atom. The van der Waals surface area contributed by atoms with Crippen LogP contribution in [0.3, 0.4) is 0 Å². The van der Waals surface area contributed by atoms with Crippen molar-refractivity contribution in [3.63, 3.8) is 0 Å². The molecule has 1 aliphatic heterocycles. The van der Waals surface area contributed by atoms with E-state index in [1.807, 2.05) is 36.5 Å². The number of ether oxygens (including phenoxy) is 2. The van der Waals surface area contributed by atoms with Gasteiger partial charge in [-0.2, -0.15) is 0 Å². The summed E-state index contributed by atoms with van der Waals surface area (Å²) < 4.78 is 13.1. The highest BCUT2D eigenvalue weighted by molar-refractivity contribution is 7.20. The van der Waals surface area contributed by atoms with Crippen LogP contribution in [-0.4, -0.2) is 77.6 Å². The molecule has 0 aliphatic carbocycles. The van der Waals surface area contributed by atoms with E-state index in [0.717, 1.165) is 22.3 Å². The Balaban J connectivity index is 1.42. The third-order valence-electron chi connectivity index (χ3n) is 7.43. The number of hydrogen-bond donors (Lipinski definition) is 1. The first-order valence-corrected chi connectivity index (χ1v) is 14.5. The predicted octanol–water partition coefficient (Wildman–Crippen LogP) is 4.95. The first-order valence-electron chi connectivity index (χ1n) is 13.7. The number of pyridine rings is 1.